The highest BCUT2D eigenvalue weighted by Gasteiger charge is 2.59. The molecule has 0 amide bonds. The molecule has 3 N–H and O–H groups in total. The predicted octanol–water partition coefficient (Wildman–Crippen LogP) is 0.432. The second kappa shape index (κ2) is 9.18. The van der Waals surface area contributed by atoms with Crippen molar-refractivity contribution in [1.29, 1.82) is 0 Å². The van der Waals surface area contributed by atoms with E-state index in [0.717, 1.165) is 0 Å². The fraction of sp³-hybridized carbons (Fsp3) is 0.833. The quantitative estimate of drug-likeness (QED) is 0.342. The van der Waals surface area contributed by atoms with Crippen molar-refractivity contribution in [3.63, 3.8) is 0 Å². The molecule has 10 heteroatoms. The highest BCUT2D eigenvalue weighted by Crippen LogP contribution is 2.29. The summed E-state index contributed by atoms with van der Waals surface area (Å²) in [7, 11) is -4.01. The summed E-state index contributed by atoms with van der Waals surface area (Å²) in [5.41, 5.74) is 0. The number of aliphatic hydroxyl groups is 1. The van der Waals surface area contributed by atoms with E-state index < -0.39 is 32.7 Å². The molecule has 2 unspecified atom stereocenters. The van der Waals surface area contributed by atoms with E-state index in [1.807, 2.05) is 0 Å². The number of hydrogen-bond acceptors (Lipinski definition) is 7. The second-order valence-electron chi connectivity index (χ2n) is 4.20. The predicted molar refractivity (Wildman–Crippen MR) is 75.7 cm³/mol. The first-order valence-electron chi connectivity index (χ1n) is 7.03. The third-order valence-electron chi connectivity index (χ3n) is 2.73. The maximum absolute atomic E-state index is 11.4. The van der Waals surface area contributed by atoms with E-state index in [0.29, 0.717) is 0 Å². The molecule has 0 saturated carbocycles. The Bertz CT molecular complexity index is 359. The van der Waals surface area contributed by atoms with E-state index in [2.05, 4.69) is 0 Å². The van der Waals surface area contributed by atoms with Gasteiger partial charge in [-0.25, -0.2) is 4.79 Å². The molecule has 0 aromatic carbocycles. The van der Waals surface area contributed by atoms with Crippen molar-refractivity contribution in [2.45, 2.75) is 39.9 Å². The molecule has 22 heavy (non-hydrogen) atoms. The minimum absolute atomic E-state index is 0.0752. The maximum Gasteiger partial charge on any atom is 0.682 e. The second-order valence-corrected chi connectivity index (χ2v) is 6.27. The van der Waals surface area contributed by atoms with Crippen LogP contribution in [0.1, 0.15) is 34.1 Å². The topological polar surface area (TPSA) is 132 Å². The van der Waals surface area contributed by atoms with Gasteiger partial charge >= 0.3 is 21.0 Å². The summed E-state index contributed by atoms with van der Waals surface area (Å²) in [6.07, 6.45) is -0.174. The molecule has 0 aromatic rings. The first-order valence-corrected chi connectivity index (χ1v) is 8.66. The third kappa shape index (κ3) is 5.00. The fourth-order valence-corrected chi connectivity index (χ4v) is 3.91. The number of hydrogen-bond donors (Lipinski definition) is 3. The Morgan fingerprint density at radius 2 is 1.41 bits per heavy atom. The summed E-state index contributed by atoms with van der Waals surface area (Å²) in [4.78, 5) is 22.7. The lowest BCUT2D eigenvalue weighted by Crippen LogP contribution is -2.62. The van der Waals surface area contributed by atoms with Crippen molar-refractivity contribution in [3.05, 3.63) is 0 Å². The zero-order valence-corrected chi connectivity index (χ0v) is 14.2. The fourth-order valence-electron chi connectivity index (χ4n) is 1.82. The van der Waals surface area contributed by atoms with Gasteiger partial charge in [0, 0.05) is 19.8 Å². The van der Waals surface area contributed by atoms with Crippen molar-refractivity contribution in [2.75, 3.05) is 19.8 Å². The normalized spacial score (nSPS) is 16.0. The minimum Gasteiger partial charge on any atom is -0.481 e. The molecule has 0 aliphatic heterocycles. The summed E-state index contributed by atoms with van der Waals surface area (Å²) in [5.74, 6) is -8.09. The molecule has 0 aliphatic rings. The molecule has 2 atom stereocenters. The lowest BCUT2D eigenvalue weighted by atomic mass is 9.96. The van der Waals surface area contributed by atoms with Crippen molar-refractivity contribution < 1.29 is 42.6 Å². The summed E-state index contributed by atoms with van der Waals surface area (Å²) in [6.45, 7) is 6.47. The third-order valence-corrected chi connectivity index (χ3v) is 5.22. The van der Waals surface area contributed by atoms with Gasteiger partial charge in [-0.05, 0) is 27.2 Å². The Morgan fingerprint density at radius 3 is 1.64 bits per heavy atom. The van der Waals surface area contributed by atoms with Crippen molar-refractivity contribution in [3.8, 4) is 0 Å². The standard InChI is InChI=1S/C12H24O9Si/c1-5-9(10(13)14)12(17,11(15)16)21-22(18-6-2,19-7-3)20-8-4/h9,17H,5-8H2,1-4H3,(H,13,14)(H,15,16). The van der Waals surface area contributed by atoms with E-state index in [1.165, 1.54) is 6.92 Å². The monoisotopic (exact) mass is 340 g/mol. The molecule has 0 aliphatic carbocycles. The van der Waals surface area contributed by atoms with Gasteiger partial charge in [-0.3, -0.25) is 4.79 Å². The van der Waals surface area contributed by atoms with Crippen LogP contribution in [0.25, 0.3) is 0 Å². The van der Waals surface area contributed by atoms with Gasteiger partial charge in [0.1, 0.15) is 5.92 Å². The summed E-state index contributed by atoms with van der Waals surface area (Å²) in [5, 5.41) is 28.7. The van der Waals surface area contributed by atoms with E-state index in [9.17, 15) is 19.8 Å². The van der Waals surface area contributed by atoms with Crippen LogP contribution in [0.5, 0.6) is 0 Å². The Hall–Kier alpha value is -1.04. The van der Waals surface area contributed by atoms with Gasteiger partial charge in [0.2, 0.25) is 0 Å². The van der Waals surface area contributed by atoms with Crippen LogP contribution < -0.4 is 0 Å². The Balaban J connectivity index is 5.72. The molecule has 0 rings (SSSR count). The van der Waals surface area contributed by atoms with Crippen LogP contribution in [0.3, 0.4) is 0 Å². The average molecular weight is 340 g/mol. The van der Waals surface area contributed by atoms with Gasteiger partial charge in [-0.2, -0.15) is 0 Å². The average Bonchev–Trinajstić information content (AvgIpc) is 2.39. The lowest BCUT2D eigenvalue weighted by molar-refractivity contribution is -0.240. The number of rotatable bonds is 12. The molecule has 0 aromatic heterocycles. The van der Waals surface area contributed by atoms with Crippen molar-refractivity contribution in [1.82, 2.24) is 0 Å². The minimum atomic E-state index is -4.01. The summed E-state index contributed by atoms with van der Waals surface area (Å²) < 4.78 is 21.0. The highest BCUT2D eigenvalue weighted by atomic mass is 28.4. The molecule has 130 valence electrons. The van der Waals surface area contributed by atoms with Crippen LogP contribution in [0.4, 0.5) is 0 Å². The van der Waals surface area contributed by atoms with Crippen molar-refractivity contribution >= 4 is 21.0 Å². The molecule has 0 spiro atoms. The molecule has 0 fully saturated rings. The van der Waals surface area contributed by atoms with Gasteiger partial charge in [0.05, 0.1) is 0 Å². The van der Waals surface area contributed by atoms with E-state index in [1.54, 1.807) is 20.8 Å². The maximum atomic E-state index is 11.4. The van der Waals surface area contributed by atoms with Crippen LogP contribution in [-0.2, 0) is 27.3 Å². The van der Waals surface area contributed by atoms with Crippen LogP contribution in [0.15, 0.2) is 0 Å². The van der Waals surface area contributed by atoms with E-state index >= 15 is 0 Å². The Morgan fingerprint density at radius 1 is 1.00 bits per heavy atom. The lowest BCUT2D eigenvalue weighted by Gasteiger charge is -2.36. The Kier molecular flexibility index (Phi) is 8.74. The summed E-state index contributed by atoms with van der Waals surface area (Å²) >= 11 is 0. The highest BCUT2D eigenvalue weighted by molar-refractivity contribution is 6.53. The van der Waals surface area contributed by atoms with Gasteiger partial charge in [-0.15, -0.1) is 0 Å². The summed E-state index contributed by atoms with van der Waals surface area (Å²) in [6, 6.07) is 0. The van der Waals surface area contributed by atoms with Gasteiger partial charge in [-0.1, -0.05) is 6.92 Å². The van der Waals surface area contributed by atoms with Gasteiger partial charge in [0.15, 0.2) is 0 Å². The zero-order chi connectivity index (χ0) is 17.4. The molecule has 0 bridgehead atoms. The molecule has 0 heterocycles. The molecule has 0 saturated heterocycles. The number of aliphatic carboxylic acids is 2. The molecular formula is C12H24O9Si. The van der Waals surface area contributed by atoms with Crippen LogP contribution in [0.2, 0.25) is 0 Å². The molecular weight excluding hydrogens is 316 g/mol. The van der Waals surface area contributed by atoms with Crippen LogP contribution in [0, 0.1) is 5.92 Å². The number of carbonyl (C=O) groups is 2. The largest absolute Gasteiger partial charge is 0.682 e. The smallest absolute Gasteiger partial charge is 0.481 e. The first-order chi connectivity index (χ1) is 10.2. The van der Waals surface area contributed by atoms with Gasteiger partial charge < -0.3 is 33.0 Å². The zero-order valence-electron chi connectivity index (χ0n) is 13.2. The van der Waals surface area contributed by atoms with Crippen LogP contribution in [-0.4, -0.2) is 61.9 Å². The van der Waals surface area contributed by atoms with Crippen molar-refractivity contribution in [2.24, 2.45) is 5.92 Å². The van der Waals surface area contributed by atoms with E-state index in [-0.39, 0.29) is 26.2 Å². The SMILES string of the molecule is CCO[Si](OCC)(OCC)OC(O)(C(=O)O)C(CC)C(=O)O. The Labute approximate surface area is 130 Å². The van der Waals surface area contributed by atoms with Gasteiger partial charge in [0.25, 0.3) is 5.79 Å². The number of carboxylic acids is 2. The molecule has 9 nitrogen and oxygen atoms in total. The molecule has 0 radical (unpaired) electrons. The first kappa shape index (κ1) is 21.0. The number of carboxylic acid groups (broad SMARTS) is 2. The van der Waals surface area contributed by atoms with Crippen LogP contribution >= 0.6 is 0 Å². The van der Waals surface area contributed by atoms with E-state index in [4.69, 9.17) is 22.8 Å².